The number of hydrogen-bond acceptors (Lipinski definition) is 3. The molecule has 2 aromatic carbocycles. The normalized spacial score (nSPS) is 11.4. The third-order valence-electron chi connectivity index (χ3n) is 4.73. The summed E-state index contributed by atoms with van der Waals surface area (Å²) in [7, 11) is 0. The lowest BCUT2D eigenvalue weighted by Gasteiger charge is -2.10. The molecule has 7 nitrogen and oxygen atoms in total. The largest absolute Gasteiger partial charge is 0.478 e. The molecular formula is C22H14ClF3N4O3. The molecule has 0 bridgehead atoms. The molecule has 2 heterocycles. The van der Waals surface area contributed by atoms with Gasteiger partial charge in [0.25, 0.3) is 0 Å². The number of aromatic nitrogens is 2. The number of hydrogen-bond donors (Lipinski definition) is 4. The average molecular weight is 475 g/mol. The van der Waals surface area contributed by atoms with Crippen molar-refractivity contribution in [2.24, 2.45) is 0 Å². The van der Waals surface area contributed by atoms with Gasteiger partial charge in [-0.15, -0.1) is 0 Å². The van der Waals surface area contributed by atoms with Gasteiger partial charge in [0, 0.05) is 34.1 Å². The van der Waals surface area contributed by atoms with E-state index in [-0.39, 0.29) is 16.3 Å². The molecule has 0 atom stereocenters. The van der Waals surface area contributed by atoms with Crippen molar-refractivity contribution in [2.75, 3.05) is 10.6 Å². The monoisotopic (exact) mass is 474 g/mol. The highest BCUT2D eigenvalue weighted by atomic mass is 35.5. The highest BCUT2D eigenvalue weighted by Gasteiger charge is 2.30. The van der Waals surface area contributed by atoms with Crippen LogP contribution in [0.15, 0.2) is 60.9 Å². The maximum atomic E-state index is 12.7. The molecule has 0 saturated carbocycles. The number of amides is 2. The fourth-order valence-electron chi connectivity index (χ4n) is 3.17. The number of carboxylic acids is 1. The van der Waals surface area contributed by atoms with Gasteiger partial charge in [0.2, 0.25) is 0 Å². The standard InChI is InChI=1S/C22H14ClF3N4O3/c23-15-6-11(5-12(7-15)20(31)32)13-8-17-18(10-28-19(17)27-9-13)30-21(33)29-16-3-1-14(2-4-16)22(24,25)26/h1-10H,(H,27,28)(H,31,32)(H2,29,30,33). The van der Waals surface area contributed by atoms with Gasteiger partial charge >= 0.3 is 18.2 Å². The molecular weight excluding hydrogens is 461 g/mol. The number of nitrogens with zero attached hydrogens (tertiary/aromatic N) is 1. The molecule has 0 aliphatic carbocycles. The second kappa shape index (κ2) is 8.47. The number of halogens is 4. The van der Waals surface area contributed by atoms with Crippen molar-refractivity contribution in [1.29, 1.82) is 0 Å². The Kier molecular flexibility index (Phi) is 5.69. The van der Waals surface area contributed by atoms with Gasteiger partial charge < -0.3 is 20.7 Å². The fourth-order valence-corrected chi connectivity index (χ4v) is 3.41. The quantitative estimate of drug-likeness (QED) is 0.280. The van der Waals surface area contributed by atoms with Crippen LogP contribution < -0.4 is 10.6 Å². The van der Waals surface area contributed by atoms with E-state index in [2.05, 4.69) is 20.6 Å². The molecule has 0 saturated heterocycles. The van der Waals surface area contributed by atoms with Crippen LogP contribution in [0.5, 0.6) is 0 Å². The van der Waals surface area contributed by atoms with Crippen LogP contribution in [0.1, 0.15) is 15.9 Å². The fraction of sp³-hybridized carbons (Fsp3) is 0.0455. The Labute approximate surface area is 189 Å². The number of rotatable bonds is 4. The highest BCUT2D eigenvalue weighted by molar-refractivity contribution is 6.31. The van der Waals surface area contributed by atoms with Crippen LogP contribution in [-0.4, -0.2) is 27.1 Å². The molecule has 168 valence electrons. The van der Waals surface area contributed by atoms with Gasteiger partial charge in [0.1, 0.15) is 5.65 Å². The van der Waals surface area contributed by atoms with Crippen LogP contribution >= 0.6 is 11.6 Å². The van der Waals surface area contributed by atoms with E-state index in [0.717, 1.165) is 24.3 Å². The van der Waals surface area contributed by atoms with Crippen molar-refractivity contribution in [3.8, 4) is 11.1 Å². The van der Waals surface area contributed by atoms with E-state index >= 15 is 0 Å². The summed E-state index contributed by atoms with van der Waals surface area (Å²) in [6.45, 7) is 0. The van der Waals surface area contributed by atoms with Gasteiger partial charge in [-0.25, -0.2) is 14.6 Å². The van der Waals surface area contributed by atoms with Crippen LogP contribution in [0.4, 0.5) is 29.3 Å². The average Bonchev–Trinajstić information content (AvgIpc) is 3.15. The summed E-state index contributed by atoms with van der Waals surface area (Å²) in [4.78, 5) is 30.9. The number of carbonyl (C=O) groups excluding carboxylic acids is 1. The zero-order valence-corrected chi connectivity index (χ0v) is 17.3. The number of nitrogens with one attached hydrogen (secondary N) is 3. The Hall–Kier alpha value is -4.05. The molecule has 0 fully saturated rings. The molecule has 0 unspecified atom stereocenters. The summed E-state index contributed by atoms with van der Waals surface area (Å²) in [6, 6.07) is 9.44. The van der Waals surface area contributed by atoms with E-state index in [4.69, 9.17) is 11.6 Å². The Morgan fingerprint density at radius 3 is 2.39 bits per heavy atom. The number of benzene rings is 2. The van der Waals surface area contributed by atoms with Crippen LogP contribution in [-0.2, 0) is 6.18 Å². The first-order valence-corrected chi connectivity index (χ1v) is 9.74. The highest BCUT2D eigenvalue weighted by Crippen LogP contribution is 2.31. The minimum Gasteiger partial charge on any atom is -0.478 e. The molecule has 0 aliphatic heterocycles. The van der Waals surface area contributed by atoms with Crippen LogP contribution in [0.2, 0.25) is 5.02 Å². The number of aromatic amines is 1. The van der Waals surface area contributed by atoms with Gasteiger partial charge in [0.15, 0.2) is 0 Å². The summed E-state index contributed by atoms with van der Waals surface area (Å²) in [5, 5.41) is 15.1. The summed E-state index contributed by atoms with van der Waals surface area (Å²) < 4.78 is 38.0. The molecule has 0 spiro atoms. The molecule has 2 amide bonds. The topological polar surface area (TPSA) is 107 Å². The summed E-state index contributed by atoms with van der Waals surface area (Å²) in [5.74, 6) is -1.13. The second-order valence-electron chi connectivity index (χ2n) is 7.01. The number of urea groups is 1. The zero-order valence-electron chi connectivity index (χ0n) is 16.5. The Morgan fingerprint density at radius 2 is 1.73 bits per heavy atom. The third-order valence-corrected chi connectivity index (χ3v) is 4.95. The van der Waals surface area contributed by atoms with Crippen LogP contribution in [0, 0.1) is 0 Å². The van der Waals surface area contributed by atoms with E-state index in [9.17, 15) is 27.9 Å². The maximum Gasteiger partial charge on any atom is 0.416 e. The first-order chi connectivity index (χ1) is 15.6. The molecule has 4 N–H and O–H groups in total. The van der Waals surface area contributed by atoms with Crippen molar-refractivity contribution >= 4 is 46.0 Å². The minimum atomic E-state index is -4.47. The molecule has 2 aromatic heterocycles. The Balaban J connectivity index is 1.57. The van der Waals surface area contributed by atoms with E-state index in [1.165, 1.54) is 24.5 Å². The van der Waals surface area contributed by atoms with Gasteiger partial charge in [0.05, 0.1) is 16.8 Å². The minimum absolute atomic E-state index is 0.0148. The van der Waals surface area contributed by atoms with Gasteiger partial charge in [-0.05, 0) is 54.1 Å². The summed E-state index contributed by atoms with van der Waals surface area (Å²) >= 11 is 6.04. The van der Waals surface area contributed by atoms with E-state index in [1.807, 2.05) is 0 Å². The van der Waals surface area contributed by atoms with Gasteiger partial charge in [-0.3, -0.25) is 0 Å². The molecule has 0 radical (unpaired) electrons. The summed E-state index contributed by atoms with van der Waals surface area (Å²) in [5.41, 5.74) is 1.29. The molecule has 11 heteroatoms. The number of alkyl halides is 3. The number of anilines is 2. The lowest BCUT2D eigenvalue weighted by Crippen LogP contribution is -2.19. The lowest BCUT2D eigenvalue weighted by molar-refractivity contribution is -0.137. The van der Waals surface area contributed by atoms with Crippen molar-refractivity contribution in [1.82, 2.24) is 9.97 Å². The first-order valence-electron chi connectivity index (χ1n) is 9.37. The SMILES string of the molecule is O=C(Nc1ccc(C(F)(F)F)cc1)Nc1c[nH]c2ncc(-c3cc(Cl)cc(C(=O)O)c3)cc12. The third kappa shape index (κ3) is 4.90. The van der Waals surface area contributed by atoms with E-state index < -0.39 is 23.7 Å². The first kappa shape index (κ1) is 22.2. The van der Waals surface area contributed by atoms with Crippen LogP contribution in [0.25, 0.3) is 22.2 Å². The maximum absolute atomic E-state index is 12.7. The van der Waals surface area contributed by atoms with Crippen molar-refractivity contribution in [3.05, 3.63) is 77.1 Å². The molecule has 4 rings (SSSR count). The Bertz CT molecular complexity index is 1370. The second-order valence-corrected chi connectivity index (χ2v) is 7.45. The number of fused-ring (bicyclic) bond motifs is 1. The molecule has 0 aliphatic rings. The number of aromatic carboxylic acids is 1. The van der Waals surface area contributed by atoms with E-state index in [1.54, 1.807) is 12.1 Å². The smallest absolute Gasteiger partial charge is 0.416 e. The number of carbonyl (C=O) groups is 2. The van der Waals surface area contributed by atoms with Crippen LogP contribution in [0.3, 0.4) is 0 Å². The predicted molar refractivity (Wildman–Crippen MR) is 118 cm³/mol. The van der Waals surface area contributed by atoms with Gasteiger partial charge in [-0.1, -0.05) is 11.6 Å². The Morgan fingerprint density at radius 1 is 1.00 bits per heavy atom. The van der Waals surface area contributed by atoms with Crippen molar-refractivity contribution < 1.29 is 27.9 Å². The number of carboxylic acid groups (broad SMARTS) is 1. The zero-order chi connectivity index (χ0) is 23.8. The summed E-state index contributed by atoms with van der Waals surface area (Å²) in [6.07, 6.45) is -1.43. The predicted octanol–water partition coefficient (Wildman–Crippen LogP) is 6.24. The van der Waals surface area contributed by atoms with Crippen molar-refractivity contribution in [3.63, 3.8) is 0 Å². The molecule has 4 aromatic rings. The number of pyridine rings is 1. The lowest BCUT2D eigenvalue weighted by atomic mass is 10.0. The van der Waals surface area contributed by atoms with Gasteiger partial charge in [-0.2, -0.15) is 13.2 Å². The molecule has 33 heavy (non-hydrogen) atoms. The van der Waals surface area contributed by atoms with Crippen molar-refractivity contribution in [2.45, 2.75) is 6.18 Å². The van der Waals surface area contributed by atoms with E-state index in [0.29, 0.717) is 27.8 Å². The number of H-pyrrole nitrogens is 1.